The Bertz CT molecular complexity index is 1250. The molecule has 1 aromatic heterocycles. The van der Waals surface area contributed by atoms with Crippen molar-refractivity contribution in [1.29, 1.82) is 0 Å². The topological polar surface area (TPSA) is 124 Å². The number of ether oxygens (including phenoxy) is 3. The number of nitrogens with zero attached hydrogens (tertiary/aromatic N) is 4. The van der Waals surface area contributed by atoms with Gasteiger partial charge in [-0.15, -0.1) is 6.58 Å². The minimum absolute atomic E-state index is 0.0372. The second-order valence-electron chi connectivity index (χ2n) is 10.3. The van der Waals surface area contributed by atoms with E-state index in [1.807, 2.05) is 63.6 Å². The molecule has 0 saturated carbocycles. The van der Waals surface area contributed by atoms with Gasteiger partial charge >= 0.3 is 6.09 Å². The second-order valence-corrected chi connectivity index (χ2v) is 10.7. The van der Waals surface area contributed by atoms with Crippen molar-refractivity contribution in [2.75, 3.05) is 53.1 Å². The first kappa shape index (κ1) is 41.4. The molecular formula is C35H55ClN6O5. The van der Waals surface area contributed by atoms with Crippen LogP contribution in [0.1, 0.15) is 69.4 Å². The number of halogens is 1. The van der Waals surface area contributed by atoms with Crippen molar-refractivity contribution in [1.82, 2.24) is 24.7 Å². The van der Waals surface area contributed by atoms with Gasteiger partial charge in [0.1, 0.15) is 12.7 Å². The van der Waals surface area contributed by atoms with Gasteiger partial charge in [-0.25, -0.2) is 9.78 Å². The lowest BCUT2D eigenvalue weighted by Gasteiger charge is -2.40. The molecule has 3 N–H and O–H groups in total. The maximum atomic E-state index is 12.7. The fourth-order valence-corrected chi connectivity index (χ4v) is 5.41. The van der Waals surface area contributed by atoms with Crippen LogP contribution in [-0.2, 0) is 26.1 Å². The second kappa shape index (κ2) is 22.8. The molecule has 47 heavy (non-hydrogen) atoms. The first-order valence-corrected chi connectivity index (χ1v) is 16.6. The van der Waals surface area contributed by atoms with E-state index in [-0.39, 0.29) is 30.8 Å². The van der Waals surface area contributed by atoms with Gasteiger partial charge in [-0.05, 0) is 41.5 Å². The van der Waals surface area contributed by atoms with Gasteiger partial charge < -0.3 is 34.7 Å². The predicted octanol–water partition coefficient (Wildman–Crippen LogP) is 5.89. The standard InChI is InChI=1S/C29H38ClN5O5.C2H5N.2C2H6/c1-5-6-25(34-10-12-35(13-11-34)29(37)40-22-9-14-39-17-22)23-8-7-21(30)15-24(23)20(2)28(32-27(36)18-38-4)26-16-31-19-33(26)3;1-2-3;2*1-2/h5,7-8,15-16,19,22,25,28H,1-2,6,9-14,17-18H2,3-4H3,(H,32,36);2H,1,3H2;2*1-2H3/t22-,25-,28-;;;/m1.../s1. The van der Waals surface area contributed by atoms with Gasteiger partial charge in [-0.1, -0.05) is 64.6 Å². The Hall–Kier alpha value is -3.64. The fraction of sp³-hybridized carbons (Fsp3) is 0.514. The summed E-state index contributed by atoms with van der Waals surface area (Å²) in [4.78, 5) is 33.7. The Balaban J connectivity index is 0.00000146. The summed E-state index contributed by atoms with van der Waals surface area (Å²) in [5.41, 5.74) is 7.92. The molecule has 0 radical (unpaired) electrons. The third-order valence-electron chi connectivity index (χ3n) is 7.36. The molecule has 2 amide bonds. The molecule has 0 bridgehead atoms. The van der Waals surface area contributed by atoms with Gasteiger partial charge in [0.2, 0.25) is 5.91 Å². The minimum atomic E-state index is -0.553. The molecule has 2 fully saturated rings. The van der Waals surface area contributed by atoms with Crippen LogP contribution in [0.4, 0.5) is 4.79 Å². The van der Waals surface area contributed by atoms with Crippen LogP contribution in [0.2, 0.25) is 5.02 Å². The molecule has 12 heteroatoms. The Morgan fingerprint density at radius 3 is 2.38 bits per heavy atom. The number of carbonyl (C=O) groups excluding carboxylic acids is 2. The van der Waals surface area contributed by atoms with Crippen molar-refractivity contribution in [3.8, 4) is 0 Å². The number of aromatic nitrogens is 2. The third kappa shape index (κ3) is 12.5. The van der Waals surface area contributed by atoms with Crippen molar-refractivity contribution >= 4 is 29.2 Å². The number of nitrogens with two attached hydrogens (primary N) is 1. The number of methoxy groups -OCH3 is 1. The molecule has 2 saturated heterocycles. The Morgan fingerprint density at radius 2 is 1.85 bits per heavy atom. The highest BCUT2D eigenvalue weighted by Crippen LogP contribution is 2.38. The molecule has 0 spiro atoms. The summed E-state index contributed by atoms with van der Waals surface area (Å²) >= 11 is 6.50. The Morgan fingerprint density at radius 1 is 1.19 bits per heavy atom. The highest BCUT2D eigenvalue weighted by molar-refractivity contribution is 6.30. The van der Waals surface area contributed by atoms with Gasteiger partial charge in [0.05, 0.1) is 37.5 Å². The number of aryl methyl sites for hydroxylation is 1. The van der Waals surface area contributed by atoms with Gasteiger partial charge in [0, 0.05) is 57.8 Å². The summed E-state index contributed by atoms with van der Waals surface area (Å²) < 4.78 is 17.8. The van der Waals surface area contributed by atoms with E-state index < -0.39 is 6.04 Å². The van der Waals surface area contributed by atoms with Crippen molar-refractivity contribution in [3.05, 3.63) is 84.6 Å². The molecular weight excluding hydrogens is 620 g/mol. The molecule has 4 rings (SSSR count). The lowest BCUT2D eigenvalue weighted by Crippen LogP contribution is -2.50. The van der Waals surface area contributed by atoms with E-state index in [1.165, 1.54) is 13.3 Å². The Kier molecular flexibility index (Phi) is 20.1. The van der Waals surface area contributed by atoms with Crippen LogP contribution in [0.25, 0.3) is 5.57 Å². The number of hydrogen-bond acceptors (Lipinski definition) is 8. The minimum Gasteiger partial charge on any atom is -0.444 e. The normalized spacial score (nSPS) is 16.8. The zero-order valence-electron chi connectivity index (χ0n) is 29.0. The van der Waals surface area contributed by atoms with Crippen LogP contribution in [0.15, 0.2) is 62.7 Å². The number of hydrogen-bond donors (Lipinski definition) is 2. The lowest BCUT2D eigenvalue weighted by atomic mass is 9.88. The van der Waals surface area contributed by atoms with E-state index in [9.17, 15) is 9.59 Å². The smallest absolute Gasteiger partial charge is 0.410 e. The average molecular weight is 675 g/mol. The SMILES string of the molecule is C=CC[C@H](c1ccc(Cl)cc1C(=C)[C@@H](NC(=O)COC)c1cncn1C)N1CCN(C(=O)O[C@@H]2CCOC2)CC1.C=CN.CC.CC. The summed E-state index contributed by atoms with van der Waals surface area (Å²) in [7, 11) is 3.35. The number of rotatable bonds is 11. The van der Waals surface area contributed by atoms with Crippen LogP contribution >= 0.6 is 11.6 Å². The van der Waals surface area contributed by atoms with E-state index in [0.29, 0.717) is 56.4 Å². The van der Waals surface area contributed by atoms with Crippen molar-refractivity contribution in [2.24, 2.45) is 12.8 Å². The number of piperazine rings is 1. The highest BCUT2D eigenvalue weighted by Gasteiger charge is 2.32. The molecule has 3 atom stereocenters. The first-order chi connectivity index (χ1) is 22.7. The molecule has 262 valence electrons. The number of imidazole rings is 1. The number of nitrogens with one attached hydrogen (secondary N) is 1. The van der Waals surface area contributed by atoms with E-state index in [2.05, 4.69) is 40.7 Å². The van der Waals surface area contributed by atoms with Crippen LogP contribution < -0.4 is 11.1 Å². The third-order valence-corrected chi connectivity index (χ3v) is 7.59. The maximum Gasteiger partial charge on any atom is 0.410 e. The summed E-state index contributed by atoms with van der Waals surface area (Å²) in [5.74, 6) is -0.270. The van der Waals surface area contributed by atoms with E-state index in [1.54, 1.807) is 17.4 Å². The molecule has 1 aromatic carbocycles. The monoisotopic (exact) mass is 674 g/mol. The molecule has 2 aliphatic rings. The van der Waals surface area contributed by atoms with Crippen molar-refractivity contribution < 1.29 is 23.8 Å². The summed E-state index contributed by atoms with van der Waals surface area (Å²) in [5, 5.41) is 3.60. The molecule has 0 unspecified atom stereocenters. The van der Waals surface area contributed by atoms with Gasteiger partial charge in [-0.2, -0.15) is 0 Å². The van der Waals surface area contributed by atoms with Crippen LogP contribution in [-0.4, -0.2) is 90.6 Å². The Labute approximate surface area is 286 Å². The summed E-state index contributed by atoms with van der Waals surface area (Å²) in [6.07, 6.45) is 7.50. The summed E-state index contributed by atoms with van der Waals surface area (Å²) in [6, 6.07) is 5.17. The molecule has 3 heterocycles. The zero-order chi connectivity index (χ0) is 35.4. The van der Waals surface area contributed by atoms with Crippen molar-refractivity contribution in [3.63, 3.8) is 0 Å². The van der Waals surface area contributed by atoms with Gasteiger partial charge in [0.15, 0.2) is 0 Å². The van der Waals surface area contributed by atoms with E-state index in [0.717, 1.165) is 23.2 Å². The van der Waals surface area contributed by atoms with Crippen LogP contribution in [0.3, 0.4) is 0 Å². The quantitative estimate of drug-likeness (QED) is 0.283. The number of carbonyl (C=O) groups is 2. The lowest BCUT2D eigenvalue weighted by molar-refractivity contribution is -0.125. The molecule has 11 nitrogen and oxygen atoms in total. The summed E-state index contributed by atoms with van der Waals surface area (Å²) in [6.45, 7) is 23.0. The van der Waals surface area contributed by atoms with Crippen LogP contribution in [0, 0.1) is 0 Å². The highest BCUT2D eigenvalue weighted by atomic mass is 35.5. The van der Waals surface area contributed by atoms with Gasteiger partial charge in [0.25, 0.3) is 0 Å². The molecule has 0 aliphatic carbocycles. The maximum absolute atomic E-state index is 12.7. The predicted molar refractivity (Wildman–Crippen MR) is 190 cm³/mol. The fourth-order valence-electron chi connectivity index (χ4n) is 5.24. The van der Waals surface area contributed by atoms with E-state index in [4.69, 9.17) is 25.8 Å². The number of amides is 2. The van der Waals surface area contributed by atoms with Crippen molar-refractivity contribution in [2.45, 2.75) is 58.7 Å². The number of benzene rings is 1. The molecule has 2 aliphatic heterocycles. The van der Waals surface area contributed by atoms with E-state index >= 15 is 0 Å². The largest absolute Gasteiger partial charge is 0.444 e. The molecule has 2 aromatic rings. The first-order valence-electron chi connectivity index (χ1n) is 16.2. The average Bonchev–Trinajstić information content (AvgIpc) is 3.76. The van der Waals surface area contributed by atoms with Crippen LogP contribution in [0.5, 0.6) is 0 Å². The van der Waals surface area contributed by atoms with Gasteiger partial charge in [-0.3, -0.25) is 9.69 Å². The zero-order valence-corrected chi connectivity index (χ0v) is 29.8.